The molecule has 0 saturated heterocycles. The fourth-order valence-electron chi connectivity index (χ4n) is 1.56. The third kappa shape index (κ3) is 4.14. The van der Waals surface area contributed by atoms with Gasteiger partial charge in [0.2, 0.25) is 5.91 Å². The molecule has 1 aromatic carbocycles. The molecule has 7 heteroatoms. The number of nitrogens with one attached hydrogen (secondary N) is 1. The lowest BCUT2D eigenvalue weighted by atomic mass is 10.0. The van der Waals surface area contributed by atoms with Gasteiger partial charge in [0.1, 0.15) is 5.92 Å². The van der Waals surface area contributed by atoms with E-state index < -0.39 is 23.6 Å². The summed E-state index contributed by atoms with van der Waals surface area (Å²) >= 11 is 5.71. The van der Waals surface area contributed by atoms with Crippen molar-refractivity contribution in [2.45, 2.75) is 25.9 Å². The topological polar surface area (TPSA) is 52.9 Å². The third-order valence-electron chi connectivity index (χ3n) is 2.60. The van der Waals surface area contributed by atoms with Crippen LogP contribution in [0.25, 0.3) is 0 Å². The number of nitriles is 1. The van der Waals surface area contributed by atoms with Crippen LogP contribution in [0.3, 0.4) is 0 Å². The van der Waals surface area contributed by atoms with Gasteiger partial charge in [-0.25, -0.2) is 0 Å². The molecule has 0 aliphatic heterocycles. The first-order valence-corrected chi connectivity index (χ1v) is 6.24. The van der Waals surface area contributed by atoms with Crippen molar-refractivity contribution in [1.82, 2.24) is 0 Å². The molecule has 108 valence electrons. The number of halogens is 4. The summed E-state index contributed by atoms with van der Waals surface area (Å²) < 4.78 is 37.4. The molecule has 0 heterocycles. The monoisotopic (exact) mass is 304 g/mol. The minimum atomic E-state index is -4.50. The molecule has 0 saturated carbocycles. The average molecular weight is 305 g/mol. The van der Waals surface area contributed by atoms with Gasteiger partial charge in [-0.2, -0.15) is 18.4 Å². The van der Waals surface area contributed by atoms with Crippen LogP contribution in [0, 0.1) is 17.2 Å². The summed E-state index contributed by atoms with van der Waals surface area (Å²) in [5.74, 6) is -1.42. The molecular weight excluding hydrogens is 293 g/mol. The zero-order valence-corrected chi connectivity index (χ0v) is 11.3. The Morgan fingerprint density at radius 1 is 1.50 bits per heavy atom. The molecule has 1 aromatic rings. The average Bonchev–Trinajstić information content (AvgIpc) is 2.36. The molecule has 1 N–H and O–H groups in total. The normalized spacial score (nSPS) is 12.6. The zero-order chi connectivity index (χ0) is 15.3. The van der Waals surface area contributed by atoms with E-state index in [9.17, 15) is 18.0 Å². The lowest BCUT2D eigenvalue weighted by molar-refractivity contribution is -0.137. The van der Waals surface area contributed by atoms with E-state index in [1.54, 1.807) is 0 Å². The summed E-state index contributed by atoms with van der Waals surface area (Å²) in [6.07, 6.45) is -3.48. The standard InChI is InChI=1S/C13H12ClF3N2O/c1-2-3-8(7-18)12(20)19-11-5-4-9(6-10(11)14)13(15,16)17/h4-6,8H,2-3H2,1H3,(H,19,20). The van der Waals surface area contributed by atoms with Gasteiger partial charge in [0.25, 0.3) is 0 Å². The predicted octanol–water partition coefficient (Wildman–Crippen LogP) is 4.24. The lowest BCUT2D eigenvalue weighted by Gasteiger charge is -2.12. The number of alkyl halides is 3. The van der Waals surface area contributed by atoms with Crippen LogP contribution < -0.4 is 5.32 Å². The first-order valence-electron chi connectivity index (χ1n) is 5.86. The number of carbonyl (C=O) groups is 1. The van der Waals surface area contributed by atoms with Gasteiger partial charge in [-0.3, -0.25) is 4.79 Å². The second kappa shape index (κ2) is 6.62. The van der Waals surface area contributed by atoms with E-state index in [1.807, 2.05) is 13.0 Å². The van der Waals surface area contributed by atoms with E-state index in [-0.39, 0.29) is 10.7 Å². The highest BCUT2D eigenvalue weighted by Crippen LogP contribution is 2.33. The van der Waals surface area contributed by atoms with Gasteiger partial charge in [-0.1, -0.05) is 24.9 Å². The van der Waals surface area contributed by atoms with Crippen LogP contribution in [0.4, 0.5) is 18.9 Å². The lowest BCUT2D eigenvalue weighted by Crippen LogP contribution is -2.21. The van der Waals surface area contributed by atoms with Crippen LogP contribution >= 0.6 is 11.6 Å². The van der Waals surface area contributed by atoms with Gasteiger partial charge < -0.3 is 5.32 Å². The Bertz CT molecular complexity index is 537. The second-order valence-electron chi connectivity index (χ2n) is 4.15. The quantitative estimate of drug-likeness (QED) is 0.904. The van der Waals surface area contributed by atoms with E-state index in [0.717, 1.165) is 18.2 Å². The molecule has 1 unspecified atom stereocenters. The van der Waals surface area contributed by atoms with Crippen molar-refractivity contribution in [3.05, 3.63) is 28.8 Å². The van der Waals surface area contributed by atoms with E-state index in [4.69, 9.17) is 16.9 Å². The van der Waals surface area contributed by atoms with Crippen molar-refractivity contribution in [3.63, 3.8) is 0 Å². The minimum Gasteiger partial charge on any atom is -0.324 e. The molecular formula is C13H12ClF3N2O. The number of amides is 1. The largest absolute Gasteiger partial charge is 0.416 e. The fourth-order valence-corrected chi connectivity index (χ4v) is 1.78. The van der Waals surface area contributed by atoms with Crippen LogP contribution in [0.1, 0.15) is 25.3 Å². The molecule has 0 spiro atoms. The summed E-state index contributed by atoms with van der Waals surface area (Å²) in [6.45, 7) is 1.82. The number of benzene rings is 1. The molecule has 0 radical (unpaired) electrons. The molecule has 1 rings (SSSR count). The van der Waals surface area contributed by atoms with E-state index >= 15 is 0 Å². The van der Waals surface area contributed by atoms with Crippen molar-refractivity contribution in [3.8, 4) is 6.07 Å². The molecule has 20 heavy (non-hydrogen) atoms. The fraction of sp³-hybridized carbons (Fsp3) is 0.385. The Morgan fingerprint density at radius 3 is 2.60 bits per heavy atom. The van der Waals surface area contributed by atoms with Crippen molar-refractivity contribution in [1.29, 1.82) is 5.26 Å². The van der Waals surface area contributed by atoms with E-state index in [2.05, 4.69) is 5.32 Å². The number of hydrogen-bond acceptors (Lipinski definition) is 2. The summed E-state index contributed by atoms with van der Waals surface area (Å²) in [4.78, 5) is 11.8. The first kappa shape index (κ1) is 16.3. The van der Waals surface area contributed by atoms with Gasteiger partial charge in [0.15, 0.2) is 0 Å². The van der Waals surface area contributed by atoms with Gasteiger partial charge in [0.05, 0.1) is 22.3 Å². The molecule has 0 aliphatic rings. The number of anilines is 1. The maximum absolute atomic E-state index is 12.5. The molecule has 0 bridgehead atoms. The highest BCUT2D eigenvalue weighted by Gasteiger charge is 2.31. The maximum atomic E-state index is 12.5. The molecule has 0 aliphatic carbocycles. The molecule has 0 aromatic heterocycles. The van der Waals surface area contributed by atoms with Crippen LogP contribution in [0.15, 0.2) is 18.2 Å². The van der Waals surface area contributed by atoms with Crippen LogP contribution in [-0.2, 0) is 11.0 Å². The summed E-state index contributed by atoms with van der Waals surface area (Å²) in [6, 6.07) is 4.47. The van der Waals surface area contributed by atoms with Crippen LogP contribution in [0.2, 0.25) is 5.02 Å². The van der Waals surface area contributed by atoms with E-state index in [1.165, 1.54) is 0 Å². The third-order valence-corrected chi connectivity index (χ3v) is 2.92. The SMILES string of the molecule is CCCC(C#N)C(=O)Nc1ccc(C(F)(F)F)cc1Cl. The summed E-state index contributed by atoms with van der Waals surface area (Å²) in [5, 5.41) is 11.0. The van der Waals surface area contributed by atoms with Gasteiger partial charge >= 0.3 is 6.18 Å². The highest BCUT2D eigenvalue weighted by atomic mass is 35.5. The summed E-state index contributed by atoms with van der Waals surface area (Å²) in [5.41, 5.74) is -0.841. The van der Waals surface area contributed by atoms with Crippen molar-refractivity contribution in [2.75, 3.05) is 5.32 Å². The molecule has 1 atom stereocenters. The Kier molecular flexibility index (Phi) is 5.40. The molecule has 3 nitrogen and oxygen atoms in total. The van der Waals surface area contributed by atoms with Crippen LogP contribution in [0.5, 0.6) is 0 Å². The molecule has 0 fully saturated rings. The van der Waals surface area contributed by atoms with Crippen LogP contribution in [-0.4, -0.2) is 5.91 Å². The van der Waals surface area contributed by atoms with Crippen molar-refractivity contribution < 1.29 is 18.0 Å². The van der Waals surface area contributed by atoms with E-state index in [0.29, 0.717) is 12.8 Å². The smallest absolute Gasteiger partial charge is 0.324 e. The Balaban J connectivity index is 2.89. The summed E-state index contributed by atoms with van der Waals surface area (Å²) in [7, 11) is 0. The van der Waals surface area contributed by atoms with Crippen molar-refractivity contribution in [2.24, 2.45) is 5.92 Å². The Morgan fingerprint density at radius 2 is 2.15 bits per heavy atom. The number of nitrogens with zero attached hydrogens (tertiary/aromatic N) is 1. The Hall–Kier alpha value is -1.74. The van der Waals surface area contributed by atoms with Gasteiger partial charge in [-0.05, 0) is 24.6 Å². The maximum Gasteiger partial charge on any atom is 0.416 e. The number of carbonyl (C=O) groups excluding carboxylic acids is 1. The van der Waals surface area contributed by atoms with Gasteiger partial charge in [0, 0.05) is 0 Å². The minimum absolute atomic E-state index is 0.0565. The number of hydrogen-bond donors (Lipinski definition) is 1. The van der Waals surface area contributed by atoms with Gasteiger partial charge in [-0.15, -0.1) is 0 Å². The highest BCUT2D eigenvalue weighted by molar-refractivity contribution is 6.33. The molecule has 1 amide bonds. The van der Waals surface area contributed by atoms with Crippen molar-refractivity contribution >= 4 is 23.2 Å². The Labute approximate surface area is 119 Å². The first-order chi connectivity index (χ1) is 9.29. The second-order valence-corrected chi connectivity index (χ2v) is 4.56. The zero-order valence-electron chi connectivity index (χ0n) is 10.6. The predicted molar refractivity (Wildman–Crippen MR) is 69.1 cm³/mol. The number of rotatable bonds is 4.